The average Bonchev–Trinajstić information content (AvgIpc) is 3.13. The molecule has 3 rings (SSSR count). The molecule has 0 spiro atoms. The summed E-state index contributed by atoms with van der Waals surface area (Å²) in [7, 11) is 1.43. The van der Waals surface area contributed by atoms with E-state index >= 15 is 0 Å². The number of aryl methyl sites for hydroxylation is 1. The van der Waals surface area contributed by atoms with Crippen molar-refractivity contribution in [1.29, 1.82) is 0 Å². The number of ether oxygens (including phenoxy) is 1. The molecule has 5 heteroatoms. The second-order valence-corrected chi connectivity index (χ2v) is 4.62. The molecular formula is C13H15N3O2. The van der Waals surface area contributed by atoms with E-state index in [-0.39, 0.29) is 5.97 Å². The summed E-state index contributed by atoms with van der Waals surface area (Å²) in [6.45, 7) is 2.84. The van der Waals surface area contributed by atoms with Gasteiger partial charge in [-0.3, -0.25) is 9.78 Å². The number of esters is 1. The predicted molar refractivity (Wildman–Crippen MR) is 66.1 cm³/mol. The second kappa shape index (κ2) is 3.80. The van der Waals surface area contributed by atoms with E-state index in [0.29, 0.717) is 0 Å². The molecule has 2 heterocycles. The van der Waals surface area contributed by atoms with Crippen LogP contribution in [0.5, 0.6) is 0 Å². The van der Waals surface area contributed by atoms with Crippen LogP contribution in [0, 0.1) is 0 Å². The van der Waals surface area contributed by atoms with Crippen LogP contribution in [0.2, 0.25) is 0 Å². The van der Waals surface area contributed by atoms with Crippen LogP contribution < -0.4 is 0 Å². The first kappa shape index (κ1) is 11.2. The van der Waals surface area contributed by atoms with Crippen LogP contribution in [0.3, 0.4) is 0 Å². The number of imidazole rings is 1. The van der Waals surface area contributed by atoms with Gasteiger partial charge in [0.2, 0.25) is 0 Å². The zero-order valence-corrected chi connectivity index (χ0v) is 10.5. The average molecular weight is 245 g/mol. The Bertz CT molecular complexity index is 614. The molecule has 1 aliphatic carbocycles. The highest BCUT2D eigenvalue weighted by molar-refractivity contribution is 5.87. The number of rotatable bonds is 3. The van der Waals surface area contributed by atoms with E-state index < -0.39 is 5.41 Å². The number of methoxy groups -OCH3 is 1. The van der Waals surface area contributed by atoms with Gasteiger partial charge in [0, 0.05) is 12.7 Å². The zero-order valence-electron chi connectivity index (χ0n) is 10.5. The molecule has 5 nitrogen and oxygen atoms in total. The minimum Gasteiger partial charge on any atom is -0.468 e. The Morgan fingerprint density at radius 3 is 2.94 bits per heavy atom. The lowest BCUT2D eigenvalue weighted by molar-refractivity contribution is -0.144. The van der Waals surface area contributed by atoms with Crippen molar-refractivity contribution in [2.75, 3.05) is 7.11 Å². The van der Waals surface area contributed by atoms with Crippen LogP contribution in [-0.2, 0) is 21.5 Å². The molecule has 2 aromatic heterocycles. The fourth-order valence-electron chi connectivity index (χ4n) is 2.51. The Balaban J connectivity index is 2.21. The minimum atomic E-state index is -0.524. The highest BCUT2D eigenvalue weighted by atomic mass is 16.5. The Kier molecular flexibility index (Phi) is 2.36. The van der Waals surface area contributed by atoms with E-state index in [1.54, 1.807) is 12.4 Å². The van der Waals surface area contributed by atoms with Crippen LogP contribution in [0.4, 0.5) is 0 Å². The van der Waals surface area contributed by atoms with Crippen molar-refractivity contribution >= 4 is 17.0 Å². The van der Waals surface area contributed by atoms with E-state index in [1.807, 2.05) is 6.07 Å². The number of fused-ring (bicyclic) bond motifs is 1. The van der Waals surface area contributed by atoms with Gasteiger partial charge < -0.3 is 9.30 Å². The maximum atomic E-state index is 12.0. The Labute approximate surface area is 105 Å². The Morgan fingerprint density at radius 2 is 2.33 bits per heavy atom. The molecular weight excluding hydrogens is 230 g/mol. The number of aromatic nitrogens is 3. The van der Waals surface area contributed by atoms with Crippen LogP contribution in [-0.4, -0.2) is 27.6 Å². The summed E-state index contributed by atoms with van der Waals surface area (Å²) in [4.78, 5) is 20.6. The molecule has 0 bridgehead atoms. The molecule has 2 aromatic rings. The molecule has 0 aromatic carbocycles. The molecule has 0 radical (unpaired) electrons. The molecule has 0 atom stereocenters. The number of carbonyl (C=O) groups excluding carboxylic acids is 1. The van der Waals surface area contributed by atoms with Crippen molar-refractivity contribution in [2.45, 2.75) is 31.7 Å². The Hall–Kier alpha value is -1.91. The number of hydrogen-bond acceptors (Lipinski definition) is 4. The number of pyridine rings is 1. The summed E-state index contributed by atoms with van der Waals surface area (Å²) in [5.41, 5.74) is 1.34. The van der Waals surface area contributed by atoms with E-state index in [2.05, 4.69) is 21.5 Å². The fourth-order valence-corrected chi connectivity index (χ4v) is 2.51. The lowest BCUT2D eigenvalue weighted by Gasteiger charge is -2.13. The second-order valence-electron chi connectivity index (χ2n) is 4.62. The van der Waals surface area contributed by atoms with Crippen molar-refractivity contribution in [1.82, 2.24) is 14.5 Å². The van der Waals surface area contributed by atoms with Crippen LogP contribution in [0.15, 0.2) is 18.5 Å². The summed E-state index contributed by atoms with van der Waals surface area (Å²) >= 11 is 0. The summed E-state index contributed by atoms with van der Waals surface area (Å²) in [6.07, 6.45) is 5.11. The minimum absolute atomic E-state index is 0.180. The van der Waals surface area contributed by atoms with Gasteiger partial charge in [0.25, 0.3) is 0 Å². The fraction of sp³-hybridized carbons (Fsp3) is 0.462. The van der Waals surface area contributed by atoms with Gasteiger partial charge in [-0.15, -0.1) is 0 Å². The van der Waals surface area contributed by atoms with E-state index in [1.165, 1.54) is 7.11 Å². The molecule has 18 heavy (non-hydrogen) atoms. The van der Waals surface area contributed by atoms with Gasteiger partial charge >= 0.3 is 5.97 Å². The third-order valence-corrected chi connectivity index (χ3v) is 3.62. The molecule has 1 aliphatic rings. The number of carbonyl (C=O) groups is 1. The molecule has 1 saturated carbocycles. The third-order valence-electron chi connectivity index (χ3n) is 3.62. The van der Waals surface area contributed by atoms with E-state index in [9.17, 15) is 4.79 Å². The first-order valence-corrected chi connectivity index (χ1v) is 6.12. The maximum absolute atomic E-state index is 12.0. The molecule has 0 aliphatic heterocycles. The van der Waals surface area contributed by atoms with Crippen molar-refractivity contribution in [2.24, 2.45) is 0 Å². The summed E-state index contributed by atoms with van der Waals surface area (Å²) < 4.78 is 7.00. The van der Waals surface area contributed by atoms with Crippen LogP contribution in [0.1, 0.15) is 25.6 Å². The first-order valence-electron chi connectivity index (χ1n) is 6.12. The Morgan fingerprint density at radius 1 is 1.56 bits per heavy atom. The molecule has 0 saturated heterocycles. The van der Waals surface area contributed by atoms with Gasteiger partial charge in [0.1, 0.15) is 16.8 Å². The lowest BCUT2D eigenvalue weighted by Crippen LogP contribution is -2.26. The highest BCUT2D eigenvalue weighted by Gasteiger charge is 2.56. The van der Waals surface area contributed by atoms with Crippen molar-refractivity contribution in [3.05, 3.63) is 24.3 Å². The van der Waals surface area contributed by atoms with Gasteiger partial charge in [0.15, 0.2) is 0 Å². The van der Waals surface area contributed by atoms with Crippen LogP contribution >= 0.6 is 0 Å². The molecule has 0 amide bonds. The first-order chi connectivity index (χ1) is 8.73. The van der Waals surface area contributed by atoms with E-state index in [4.69, 9.17) is 4.74 Å². The summed E-state index contributed by atoms with van der Waals surface area (Å²) in [6, 6.07) is 1.93. The highest BCUT2D eigenvalue weighted by Crippen LogP contribution is 2.49. The molecule has 0 unspecified atom stereocenters. The van der Waals surface area contributed by atoms with Gasteiger partial charge in [-0.1, -0.05) is 0 Å². The number of nitrogens with zero attached hydrogens (tertiary/aromatic N) is 3. The monoisotopic (exact) mass is 245 g/mol. The maximum Gasteiger partial charge on any atom is 0.319 e. The predicted octanol–water partition coefficient (Wildman–Crippen LogP) is 1.66. The van der Waals surface area contributed by atoms with Gasteiger partial charge in [-0.25, -0.2) is 4.98 Å². The SMILES string of the molecule is CCn1c(C2(C(=O)OC)CC2)nc2cnccc21. The summed E-state index contributed by atoms with van der Waals surface area (Å²) in [5.74, 6) is 0.639. The van der Waals surface area contributed by atoms with E-state index in [0.717, 1.165) is 36.2 Å². The van der Waals surface area contributed by atoms with Crippen LogP contribution in [0.25, 0.3) is 11.0 Å². The smallest absolute Gasteiger partial charge is 0.319 e. The number of hydrogen-bond donors (Lipinski definition) is 0. The van der Waals surface area contributed by atoms with Gasteiger partial charge in [-0.2, -0.15) is 0 Å². The standard InChI is InChI=1S/C13H15N3O2/c1-3-16-10-4-7-14-8-9(10)15-11(16)13(5-6-13)12(17)18-2/h4,7-8H,3,5-6H2,1-2H3. The topological polar surface area (TPSA) is 57.0 Å². The van der Waals surface area contributed by atoms with Crippen molar-refractivity contribution in [3.63, 3.8) is 0 Å². The normalized spacial score (nSPS) is 16.8. The molecule has 0 N–H and O–H groups in total. The van der Waals surface area contributed by atoms with Gasteiger partial charge in [0.05, 0.1) is 18.8 Å². The van der Waals surface area contributed by atoms with Crippen molar-refractivity contribution < 1.29 is 9.53 Å². The third kappa shape index (κ3) is 1.36. The zero-order chi connectivity index (χ0) is 12.8. The van der Waals surface area contributed by atoms with Crippen molar-refractivity contribution in [3.8, 4) is 0 Å². The summed E-state index contributed by atoms with van der Waals surface area (Å²) in [5, 5.41) is 0. The van der Waals surface area contributed by atoms with Gasteiger partial charge in [-0.05, 0) is 25.8 Å². The lowest BCUT2D eigenvalue weighted by atomic mass is 10.1. The largest absolute Gasteiger partial charge is 0.468 e. The molecule has 94 valence electrons. The molecule has 1 fully saturated rings. The quantitative estimate of drug-likeness (QED) is 0.772.